The summed E-state index contributed by atoms with van der Waals surface area (Å²) in [5.74, 6) is 1.23. The van der Waals surface area contributed by atoms with Crippen molar-refractivity contribution in [3.8, 4) is 0 Å². The fourth-order valence-corrected chi connectivity index (χ4v) is 1.38. The molecular weight excluding hydrogens is 348 g/mol. The molecule has 4 nitrogen and oxygen atoms in total. The third-order valence-corrected chi connectivity index (χ3v) is 2.39. The van der Waals surface area contributed by atoms with E-state index < -0.39 is 0 Å². The van der Waals surface area contributed by atoms with Crippen LogP contribution in [-0.2, 0) is 9.47 Å². The summed E-state index contributed by atoms with van der Waals surface area (Å²) in [4.78, 5) is 21.6. The van der Waals surface area contributed by atoms with Gasteiger partial charge < -0.3 is 9.47 Å². The van der Waals surface area contributed by atoms with Crippen molar-refractivity contribution in [2.75, 3.05) is 20.1 Å². The maximum Gasteiger partial charge on any atom is 0.337 e. The Bertz CT molecular complexity index is 490. The van der Waals surface area contributed by atoms with Gasteiger partial charge in [-0.15, -0.1) is 0 Å². The molecule has 5 heteroatoms. The number of carbonyl (C=O) groups is 2. The second-order valence-electron chi connectivity index (χ2n) is 3.72. The topological polar surface area (TPSA) is 52.6 Å². The highest BCUT2D eigenvalue weighted by Gasteiger charge is 2.01. The smallest absolute Gasteiger partial charge is 0.337 e. The number of hydrogen-bond acceptors (Lipinski definition) is 4. The van der Waals surface area contributed by atoms with Crippen LogP contribution in [0.3, 0.4) is 0 Å². The number of methoxy groups -OCH3 is 2. The Morgan fingerprint density at radius 2 is 0.955 bits per heavy atom. The number of carbonyl (C=O) groups excluding carboxylic acids is 2. The molecule has 0 saturated heterocycles. The molecule has 0 heterocycles. The van der Waals surface area contributed by atoms with Gasteiger partial charge in [0.05, 0.1) is 25.3 Å². The zero-order valence-corrected chi connectivity index (χ0v) is 14.4. The van der Waals surface area contributed by atoms with Crippen molar-refractivity contribution < 1.29 is 19.1 Å². The van der Waals surface area contributed by atoms with Crippen LogP contribution in [0.1, 0.15) is 20.7 Å². The first kappa shape index (κ1) is 19.9. The monoisotopic (exact) mass is 366 g/mol. The molecule has 0 aliphatic carbocycles. The summed E-state index contributed by atoms with van der Waals surface area (Å²) < 4.78 is 8.99. The highest BCUT2D eigenvalue weighted by molar-refractivity contribution is 9.08. The lowest BCUT2D eigenvalue weighted by Crippen LogP contribution is -1.99. The van der Waals surface area contributed by atoms with E-state index in [1.165, 1.54) is 14.2 Å². The molecule has 0 aromatic heterocycles. The van der Waals surface area contributed by atoms with E-state index in [0.29, 0.717) is 11.1 Å². The molecule has 0 atom stereocenters. The SMILES string of the molecule is CBr.COC(=O)c1ccccc1.COC(=O)c1ccccc1. The van der Waals surface area contributed by atoms with Gasteiger partial charge in [0.2, 0.25) is 0 Å². The van der Waals surface area contributed by atoms with Gasteiger partial charge in [-0.3, -0.25) is 0 Å². The molecule has 0 bridgehead atoms. The van der Waals surface area contributed by atoms with Gasteiger partial charge in [0.15, 0.2) is 0 Å². The van der Waals surface area contributed by atoms with E-state index in [2.05, 4.69) is 25.4 Å². The second kappa shape index (κ2) is 12.6. The minimum absolute atomic E-state index is 0.291. The van der Waals surface area contributed by atoms with Crippen LogP contribution in [0.4, 0.5) is 0 Å². The third kappa shape index (κ3) is 7.59. The van der Waals surface area contributed by atoms with Crippen LogP contribution in [0.5, 0.6) is 0 Å². The first-order chi connectivity index (χ1) is 10.7. The number of benzene rings is 2. The number of halogens is 1. The lowest BCUT2D eigenvalue weighted by molar-refractivity contribution is 0.0592. The van der Waals surface area contributed by atoms with Gasteiger partial charge in [0, 0.05) is 0 Å². The van der Waals surface area contributed by atoms with Crippen molar-refractivity contribution in [1.82, 2.24) is 0 Å². The van der Waals surface area contributed by atoms with Crippen molar-refractivity contribution in [2.24, 2.45) is 0 Å². The first-order valence-corrected chi connectivity index (χ1v) is 7.92. The fourth-order valence-electron chi connectivity index (χ4n) is 1.38. The van der Waals surface area contributed by atoms with Crippen molar-refractivity contribution in [3.63, 3.8) is 0 Å². The minimum atomic E-state index is -0.291. The summed E-state index contributed by atoms with van der Waals surface area (Å²) in [6.45, 7) is 0. The predicted octanol–water partition coefficient (Wildman–Crippen LogP) is 3.96. The standard InChI is InChI=1S/2C8H8O2.CH3Br/c2*1-10-8(9)7-5-3-2-4-6-7;1-2/h2*2-6H,1H3;1H3. The van der Waals surface area contributed by atoms with Crippen molar-refractivity contribution in [3.05, 3.63) is 71.8 Å². The van der Waals surface area contributed by atoms with E-state index in [1.54, 1.807) is 48.5 Å². The van der Waals surface area contributed by atoms with Crippen LogP contribution >= 0.6 is 15.9 Å². The van der Waals surface area contributed by atoms with E-state index in [-0.39, 0.29) is 11.9 Å². The summed E-state index contributed by atoms with van der Waals surface area (Å²) in [7, 11) is 2.74. The van der Waals surface area contributed by atoms with E-state index >= 15 is 0 Å². The Balaban J connectivity index is 0.000000360. The van der Waals surface area contributed by atoms with Crippen LogP contribution in [-0.4, -0.2) is 32.0 Å². The van der Waals surface area contributed by atoms with E-state index in [9.17, 15) is 9.59 Å². The van der Waals surface area contributed by atoms with Gasteiger partial charge in [-0.1, -0.05) is 52.3 Å². The van der Waals surface area contributed by atoms with Crippen molar-refractivity contribution in [1.29, 1.82) is 0 Å². The largest absolute Gasteiger partial charge is 0.465 e. The quantitative estimate of drug-likeness (QED) is 0.596. The first-order valence-electron chi connectivity index (χ1n) is 6.33. The van der Waals surface area contributed by atoms with Crippen LogP contribution in [0.2, 0.25) is 0 Å². The molecule has 22 heavy (non-hydrogen) atoms. The van der Waals surface area contributed by atoms with Gasteiger partial charge in [-0.05, 0) is 30.1 Å². The summed E-state index contributed by atoms with van der Waals surface area (Å²) in [6.07, 6.45) is 0. The van der Waals surface area contributed by atoms with Crippen molar-refractivity contribution in [2.45, 2.75) is 0 Å². The van der Waals surface area contributed by atoms with Gasteiger partial charge in [-0.2, -0.15) is 0 Å². The number of hydrogen-bond donors (Lipinski definition) is 0. The maximum absolute atomic E-state index is 10.8. The molecule has 2 aromatic rings. The maximum atomic E-state index is 10.8. The number of alkyl halides is 1. The van der Waals surface area contributed by atoms with E-state index in [4.69, 9.17) is 0 Å². The minimum Gasteiger partial charge on any atom is -0.465 e. The van der Waals surface area contributed by atoms with Crippen LogP contribution in [0.15, 0.2) is 60.7 Å². The molecule has 0 unspecified atom stereocenters. The summed E-state index contributed by atoms with van der Waals surface area (Å²) in [5, 5.41) is 0. The molecule has 0 fully saturated rings. The van der Waals surface area contributed by atoms with Gasteiger partial charge >= 0.3 is 11.9 Å². The second-order valence-corrected chi connectivity index (χ2v) is 3.72. The zero-order valence-electron chi connectivity index (χ0n) is 12.8. The van der Waals surface area contributed by atoms with E-state index in [1.807, 2.05) is 18.0 Å². The Morgan fingerprint density at radius 3 is 1.18 bits per heavy atom. The third-order valence-electron chi connectivity index (χ3n) is 2.39. The molecule has 0 spiro atoms. The van der Waals surface area contributed by atoms with Crippen LogP contribution in [0, 0.1) is 0 Å². The number of rotatable bonds is 2. The lowest BCUT2D eigenvalue weighted by Gasteiger charge is -1.95. The molecule has 0 saturated carbocycles. The summed E-state index contributed by atoms with van der Waals surface area (Å²) in [5.41, 5.74) is 1.18. The lowest BCUT2D eigenvalue weighted by atomic mass is 10.2. The number of ether oxygens (including phenoxy) is 2. The highest BCUT2D eigenvalue weighted by atomic mass is 79.9. The average molecular weight is 367 g/mol. The van der Waals surface area contributed by atoms with Gasteiger partial charge in [-0.25, -0.2) is 9.59 Å². The molecule has 0 radical (unpaired) electrons. The van der Waals surface area contributed by atoms with Crippen LogP contribution < -0.4 is 0 Å². The van der Waals surface area contributed by atoms with E-state index in [0.717, 1.165) is 0 Å². The molecule has 2 rings (SSSR count). The average Bonchev–Trinajstić information content (AvgIpc) is 2.64. The summed E-state index contributed by atoms with van der Waals surface area (Å²) in [6, 6.07) is 17.8. The fraction of sp³-hybridized carbons (Fsp3) is 0.176. The predicted molar refractivity (Wildman–Crippen MR) is 90.4 cm³/mol. The molecule has 118 valence electrons. The zero-order chi connectivity index (χ0) is 16.8. The molecule has 0 aliphatic rings. The molecule has 2 aromatic carbocycles. The normalized spacial score (nSPS) is 8.36. The molecular formula is C17H19BrO4. The number of esters is 2. The Morgan fingerprint density at radius 1 is 0.682 bits per heavy atom. The molecule has 0 aliphatic heterocycles. The van der Waals surface area contributed by atoms with Crippen molar-refractivity contribution >= 4 is 27.9 Å². The highest BCUT2D eigenvalue weighted by Crippen LogP contribution is 1.99. The Labute approximate surface area is 139 Å². The Kier molecular flexibility index (Phi) is 11.4. The molecule has 0 amide bonds. The van der Waals surface area contributed by atoms with Gasteiger partial charge in [0.25, 0.3) is 0 Å². The van der Waals surface area contributed by atoms with Crippen LogP contribution in [0.25, 0.3) is 0 Å². The summed E-state index contributed by atoms with van der Waals surface area (Å²) >= 11 is 2.94. The van der Waals surface area contributed by atoms with Gasteiger partial charge in [0.1, 0.15) is 0 Å². The molecule has 0 N–H and O–H groups in total. The Hall–Kier alpha value is -2.14.